The predicted molar refractivity (Wildman–Crippen MR) is 142 cm³/mol. The van der Waals surface area contributed by atoms with Crippen molar-refractivity contribution in [3.8, 4) is 5.75 Å². The number of Topliss-reactive ketones (excluding diaryl/α,β-unsaturated/α-hetero) is 2. The molecule has 0 spiro atoms. The number of carbonyl (C=O) groups excluding carboxylic acids is 3. The lowest BCUT2D eigenvalue weighted by Gasteiger charge is -2.50. The lowest BCUT2D eigenvalue weighted by molar-refractivity contribution is -0.148. The number of halogens is 3. The van der Waals surface area contributed by atoms with Crippen LogP contribution in [0.1, 0.15) is 60.2 Å². The normalized spacial score (nSPS) is 29.6. The van der Waals surface area contributed by atoms with Crippen LogP contribution in [-0.4, -0.2) is 85.5 Å². The number of phenols is 1. The van der Waals surface area contributed by atoms with Crippen molar-refractivity contribution >= 4 is 17.5 Å². The molecule has 1 aromatic carbocycles. The third kappa shape index (κ3) is 4.15. The molecule has 0 bridgehead atoms. The zero-order chi connectivity index (χ0) is 31.3. The van der Waals surface area contributed by atoms with Gasteiger partial charge in [0.05, 0.1) is 17.2 Å². The molecule has 4 aliphatic rings. The maximum atomic E-state index is 14.7. The number of hydrogen-bond acceptors (Lipinski definition) is 9. The molecular formula is C29H34F3N3O7. The summed E-state index contributed by atoms with van der Waals surface area (Å²) in [6.07, 6.45) is -4.04. The molecule has 6 N–H and O–H groups in total. The maximum Gasteiger partial charge on any atom is 0.417 e. The van der Waals surface area contributed by atoms with Crippen LogP contribution in [0.5, 0.6) is 5.75 Å². The summed E-state index contributed by atoms with van der Waals surface area (Å²) in [5.74, 6) is -8.96. The standard InChI is InChI=1S/C29H34F3N3O7/c1-27(2)6-5-7-35(27)11-13-10-16(36)18-14(20(13)29(30,31)32)8-12-9-15-21(34(3)4)23(38)19(26(33)41)25(40)28(15,42)24(39)17(12)22(18)37/h10,12,15,21,36,38-39,42H,5-9,11H2,1-4H3,(H2,33,41)/t12-,15-,21-,28-/m0/s1. The predicted octanol–water partition coefficient (Wildman–Crippen LogP) is 2.51. The fourth-order valence-corrected chi connectivity index (χ4v) is 7.53. The van der Waals surface area contributed by atoms with Gasteiger partial charge in [-0.15, -0.1) is 0 Å². The summed E-state index contributed by atoms with van der Waals surface area (Å²) in [7, 11) is 2.94. The molecule has 42 heavy (non-hydrogen) atoms. The Labute approximate surface area is 239 Å². The Balaban J connectivity index is 1.70. The van der Waals surface area contributed by atoms with Crippen LogP contribution in [0.15, 0.2) is 28.7 Å². The first-order chi connectivity index (χ1) is 19.3. The number of nitrogens with zero attached hydrogens (tertiary/aromatic N) is 2. The number of rotatable bonds is 4. The molecule has 3 aliphatic carbocycles. The number of phenolic OH excluding ortho intramolecular Hbond substituents is 1. The molecule has 0 aromatic heterocycles. The van der Waals surface area contributed by atoms with E-state index in [0.29, 0.717) is 6.54 Å². The zero-order valence-electron chi connectivity index (χ0n) is 23.7. The summed E-state index contributed by atoms with van der Waals surface area (Å²) in [6, 6.07) is -0.318. The highest BCUT2D eigenvalue weighted by molar-refractivity contribution is 6.24. The lowest BCUT2D eigenvalue weighted by atomic mass is 9.58. The number of carbonyl (C=O) groups is 3. The van der Waals surface area contributed by atoms with E-state index in [1.54, 1.807) is 0 Å². The second-order valence-corrected chi connectivity index (χ2v) is 12.6. The second-order valence-electron chi connectivity index (χ2n) is 12.6. The van der Waals surface area contributed by atoms with Crippen LogP contribution in [0.25, 0.3) is 0 Å². The van der Waals surface area contributed by atoms with Crippen LogP contribution in [0.2, 0.25) is 0 Å². The molecule has 10 nitrogen and oxygen atoms in total. The van der Waals surface area contributed by atoms with Crippen LogP contribution >= 0.6 is 0 Å². The van der Waals surface area contributed by atoms with E-state index in [4.69, 9.17) is 5.73 Å². The SMILES string of the molecule is CN(C)[C@@H]1C(O)=C(C(N)=O)C(=O)[C@@]2(O)C(O)=C3C(=O)c4c(O)cc(CN5CCCC5(C)C)c(C(F)(F)F)c4C[C@H]3C[C@@H]12. The van der Waals surface area contributed by atoms with Gasteiger partial charge in [-0.2, -0.15) is 13.2 Å². The molecule has 1 saturated heterocycles. The molecule has 1 fully saturated rings. The molecule has 0 saturated carbocycles. The van der Waals surface area contributed by atoms with E-state index in [9.17, 15) is 48.0 Å². The minimum Gasteiger partial charge on any atom is -0.510 e. The first kappa shape index (κ1) is 30.1. The van der Waals surface area contributed by atoms with Crippen molar-refractivity contribution in [3.05, 3.63) is 51.0 Å². The number of aromatic hydroxyl groups is 1. The Morgan fingerprint density at radius 3 is 2.36 bits per heavy atom. The number of nitrogens with two attached hydrogens (primary N) is 1. The van der Waals surface area contributed by atoms with Crippen LogP contribution in [-0.2, 0) is 28.7 Å². The number of fused-ring (bicyclic) bond motifs is 3. The minimum absolute atomic E-state index is 0.108. The van der Waals surface area contributed by atoms with Crippen molar-refractivity contribution in [2.24, 2.45) is 17.6 Å². The maximum absolute atomic E-state index is 14.7. The molecular weight excluding hydrogens is 559 g/mol. The smallest absolute Gasteiger partial charge is 0.417 e. The number of ketones is 2. The summed E-state index contributed by atoms with van der Waals surface area (Å²) < 4.78 is 44.2. The third-order valence-electron chi connectivity index (χ3n) is 9.52. The highest BCUT2D eigenvalue weighted by Gasteiger charge is 2.63. The monoisotopic (exact) mass is 593 g/mol. The zero-order valence-corrected chi connectivity index (χ0v) is 23.7. The van der Waals surface area contributed by atoms with Crippen molar-refractivity contribution in [2.75, 3.05) is 20.6 Å². The Morgan fingerprint density at radius 2 is 1.83 bits per heavy atom. The quantitative estimate of drug-likeness (QED) is 0.330. The van der Waals surface area contributed by atoms with Gasteiger partial charge in [-0.05, 0) is 83.3 Å². The molecule has 0 radical (unpaired) electrons. The number of alkyl halides is 3. The Bertz CT molecular complexity index is 1480. The molecule has 1 heterocycles. The largest absolute Gasteiger partial charge is 0.510 e. The third-order valence-corrected chi connectivity index (χ3v) is 9.52. The highest BCUT2D eigenvalue weighted by Crippen LogP contribution is 2.54. The van der Waals surface area contributed by atoms with E-state index in [2.05, 4.69) is 0 Å². The Morgan fingerprint density at radius 1 is 1.19 bits per heavy atom. The number of benzene rings is 1. The van der Waals surface area contributed by atoms with Crippen LogP contribution in [0.4, 0.5) is 13.2 Å². The minimum atomic E-state index is -4.89. The number of likely N-dealkylation sites (tertiary alicyclic amines) is 1. The summed E-state index contributed by atoms with van der Waals surface area (Å²) in [6.45, 7) is 4.31. The summed E-state index contributed by atoms with van der Waals surface area (Å²) in [5, 5.41) is 44.8. The van der Waals surface area contributed by atoms with Gasteiger partial charge in [0.25, 0.3) is 5.91 Å². The van der Waals surface area contributed by atoms with Gasteiger partial charge in [0.2, 0.25) is 5.78 Å². The molecule has 1 aliphatic heterocycles. The van der Waals surface area contributed by atoms with Gasteiger partial charge >= 0.3 is 6.18 Å². The number of amides is 1. The molecule has 0 unspecified atom stereocenters. The van der Waals surface area contributed by atoms with Gasteiger partial charge < -0.3 is 26.2 Å². The Kier molecular flexibility index (Phi) is 6.83. The van der Waals surface area contributed by atoms with Crippen LogP contribution in [0.3, 0.4) is 0 Å². The molecule has 4 atom stereocenters. The molecule has 1 amide bonds. The van der Waals surface area contributed by atoms with Crippen molar-refractivity contribution < 1.29 is 48.0 Å². The van der Waals surface area contributed by atoms with Gasteiger partial charge in [-0.3, -0.25) is 24.2 Å². The summed E-state index contributed by atoms with van der Waals surface area (Å²) in [5.41, 5.74) is -1.69. The molecule has 5 rings (SSSR count). The summed E-state index contributed by atoms with van der Waals surface area (Å²) in [4.78, 5) is 42.5. The van der Waals surface area contributed by atoms with E-state index in [1.165, 1.54) is 19.0 Å². The van der Waals surface area contributed by atoms with E-state index < -0.39 is 98.7 Å². The van der Waals surface area contributed by atoms with Crippen molar-refractivity contribution in [1.29, 1.82) is 0 Å². The average Bonchev–Trinajstić information content (AvgIpc) is 3.17. The number of primary amides is 1. The van der Waals surface area contributed by atoms with Gasteiger partial charge in [0.15, 0.2) is 11.4 Å². The first-order valence-corrected chi connectivity index (χ1v) is 13.7. The van der Waals surface area contributed by atoms with E-state index >= 15 is 0 Å². The Hall–Kier alpha value is -3.42. The first-order valence-electron chi connectivity index (χ1n) is 13.7. The van der Waals surface area contributed by atoms with Crippen molar-refractivity contribution in [1.82, 2.24) is 9.80 Å². The van der Waals surface area contributed by atoms with Crippen LogP contribution < -0.4 is 5.73 Å². The summed E-state index contributed by atoms with van der Waals surface area (Å²) >= 11 is 0. The number of hydrogen-bond donors (Lipinski definition) is 5. The highest BCUT2D eigenvalue weighted by atomic mass is 19.4. The van der Waals surface area contributed by atoms with Crippen molar-refractivity contribution in [2.45, 2.75) is 69.4 Å². The van der Waals surface area contributed by atoms with E-state index in [0.717, 1.165) is 18.9 Å². The van der Waals surface area contributed by atoms with Gasteiger partial charge in [-0.25, -0.2) is 0 Å². The topological polar surface area (TPSA) is 165 Å². The number of allylic oxidation sites excluding steroid dienone is 1. The van der Waals surface area contributed by atoms with E-state index in [1.807, 2.05) is 18.7 Å². The number of aliphatic hydroxyl groups excluding tert-OH is 2. The number of likely N-dealkylation sites (N-methyl/N-ethyl adjacent to an activating group) is 1. The van der Waals surface area contributed by atoms with Gasteiger partial charge in [0, 0.05) is 23.6 Å². The lowest BCUT2D eigenvalue weighted by Crippen LogP contribution is -2.63. The van der Waals surface area contributed by atoms with Crippen molar-refractivity contribution in [3.63, 3.8) is 0 Å². The molecule has 228 valence electrons. The average molecular weight is 594 g/mol. The van der Waals surface area contributed by atoms with Crippen LogP contribution in [0, 0.1) is 11.8 Å². The molecule has 1 aromatic rings. The van der Waals surface area contributed by atoms with E-state index in [-0.39, 0.29) is 24.1 Å². The fourth-order valence-electron chi connectivity index (χ4n) is 7.53. The second kappa shape index (κ2) is 9.55. The molecule has 13 heteroatoms. The number of aliphatic hydroxyl groups is 3. The van der Waals surface area contributed by atoms with Gasteiger partial charge in [0.1, 0.15) is 22.8 Å². The fraction of sp³-hybridized carbons (Fsp3) is 0.552. The van der Waals surface area contributed by atoms with Gasteiger partial charge in [-0.1, -0.05) is 0 Å².